The van der Waals surface area contributed by atoms with Gasteiger partial charge in [0, 0.05) is 12.6 Å². The Morgan fingerprint density at radius 1 is 1.00 bits per heavy atom. The molecule has 2 atom stereocenters. The van der Waals surface area contributed by atoms with Crippen LogP contribution in [0, 0.1) is 19.7 Å². The number of hydrogen-bond acceptors (Lipinski definition) is 2. The highest BCUT2D eigenvalue weighted by atomic mass is 19.1. The number of benzene rings is 2. The predicted molar refractivity (Wildman–Crippen MR) is 114 cm³/mol. The highest BCUT2D eigenvalue weighted by Crippen LogP contribution is 2.15. The van der Waals surface area contributed by atoms with Crippen LogP contribution in [0.4, 0.5) is 4.39 Å². The number of rotatable bonds is 8. The van der Waals surface area contributed by atoms with E-state index in [0.717, 1.165) is 28.7 Å². The van der Waals surface area contributed by atoms with Crippen LogP contribution in [0.3, 0.4) is 0 Å². The molecule has 0 spiro atoms. The minimum Gasteiger partial charge on any atom is -0.352 e. The van der Waals surface area contributed by atoms with Gasteiger partial charge in [-0.3, -0.25) is 9.59 Å². The van der Waals surface area contributed by atoms with Gasteiger partial charge in [-0.1, -0.05) is 48.4 Å². The molecule has 0 fully saturated rings. The van der Waals surface area contributed by atoms with E-state index >= 15 is 0 Å². The smallest absolute Gasteiger partial charge is 0.242 e. The molecule has 0 bridgehead atoms. The summed E-state index contributed by atoms with van der Waals surface area (Å²) in [7, 11) is 0. The van der Waals surface area contributed by atoms with Crippen molar-refractivity contribution in [1.82, 2.24) is 10.2 Å². The molecule has 156 valence electrons. The van der Waals surface area contributed by atoms with E-state index in [9.17, 15) is 14.0 Å². The Kier molecular flexibility index (Phi) is 7.94. The quantitative estimate of drug-likeness (QED) is 0.720. The predicted octanol–water partition coefficient (Wildman–Crippen LogP) is 4.32. The molecule has 0 heterocycles. The van der Waals surface area contributed by atoms with Crippen LogP contribution < -0.4 is 5.32 Å². The molecule has 4 nitrogen and oxygen atoms in total. The largest absolute Gasteiger partial charge is 0.352 e. The summed E-state index contributed by atoms with van der Waals surface area (Å²) in [6, 6.07) is 11.5. The molecule has 0 unspecified atom stereocenters. The lowest BCUT2D eigenvalue weighted by atomic mass is 10.0. The third kappa shape index (κ3) is 6.70. The SMILES string of the molecule is CC[C@@H](C)NC(=O)[C@@H](C)N(Cc1ccc(F)cc1)C(=O)Cc1cc(C)cc(C)c1. The normalized spacial score (nSPS) is 12.9. The molecule has 1 N–H and O–H groups in total. The van der Waals surface area contributed by atoms with E-state index in [1.165, 1.54) is 12.1 Å². The zero-order valence-electron chi connectivity index (χ0n) is 18.0. The molecule has 0 aliphatic heterocycles. The molecule has 0 aliphatic carbocycles. The van der Waals surface area contributed by atoms with Crippen LogP contribution in [-0.4, -0.2) is 28.8 Å². The fourth-order valence-corrected chi connectivity index (χ4v) is 3.28. The second-order valence-electron chi connectivity index (χ2n) is 7.81. The third-order valence-corrected chi connectivity index (χ3v) is 5.07. The summed E-state index contributed by atoms with van der Waals surface area (Å²) in [5.41, 5.74) is 3.90. The maximum atomic E-state index is 13.3. The monoisotopic (exact) mass is 398 g/mol. The molecule has 2 rings (SSSR count). The number of aryl methyl sites for hydroxylation is 2. The zero-order chi connectivity index (χ0) is 21.6. The number of nitrogens with zero attached hydrogens (tertiary/aromatic N) is 1. The van der Waals surface area contributed by atoms with Gasteiger partial charge in [-0.2, -0.15) is 0 Å². The maximum Gasteiger partial charge on any atom is 0.242 e. The standard InChI is InChI=1S/C24H31FN2O2/c1-6-18(4)26-24(29)19(5)27(15-20-7-9-22(25)10-8-20)23(28)14-21-12-16(2)11-17(3)13-21/h7-13,18-19H,6,14-15H2,1-5H3,(H,26,29)/t18-,19-/m1/s1. The molecule has 0 radical (unpaired) electrons. The molecule has 2 aromatic rings. The van der Waals surface area contributed by atoms with Crippen molar-refractivity contribution < 1.29 is 14.0 Å². The fraction of sp³-hybridized carbons (Fsp3) is 0.417. The first-order valence-corrected chi connectivity index (χ1v) is 10.1. The van der Waals surface area contributed by atoms with E-state index in [-0.39, 0.29) is 36.6 Å². The van der Waals surface area contributed by atoms with Crippen molar-refractivity contribution in [3.8, 4) is 0 Å². The van der Waals surface area contributed by atoms with E-state index in [1.54, 1.807) is 24.0 Å². The summed E-state index contributed by atoms with van der Waals surface area (Å²) < 4.78 is 13.3. The summed E-state index contributed by atoms with van der Waals surface area (Å²) in [6.45, 7) is 9.92. The second kappa shape index (κ2) is 10.2. The Labute approximate surface area is 173 Å². The van der Waals surface area contributed by atoms with Crippen LogP contribution in [0.2, 0.25) is 0 Å². The number of amides is 2. The van der Waals surface area contributed by atoms with Crippen molar-refractivity contribution in [1.29, 1.82) is 0 Å². The summed E-state index contributed by atoms with van der Waals surface area (Å²) in [5.74, 6) is -0.647. The van der Waals surface area contributed by atoms with Gasteiger partial charge in [-0.15, -0.1) is 0 Å². The summed E-state index contributed by atoms with van der Waals surface area (Å²) >= 11 is 0. The second-order valence-corrected chi connectivity index (χ2v) is 7.81. The lowest BCUT2D eigenvalue weighted by Crippen LogP contribution is -2.49. The topological polar surface area (TPSA) is 49.4 Å². The van der Waals surface area contributed by atoms with Crippen LogP contribution in [0.1, 0.15) is 49.4 Å². The van der Waals surface area contributed by atoms with Gasteiger partial charge in [0.15, 0.2) is 0 Å². The fourth-order valence-electron chi connectivity index (χ4n) is 3.28. The van der Waals surface area contributed by atoms with Crippen molar-refractivity contribution in [2.24, 2.45) is 0 Å². The van der Waals surface area contributed by atoms with Crippen LogP contribution in [0.15, 0.2) is 42.5 Å². The van der Waals surface area contributed by atoms with Crippen molar-refractivity contribution >= 4 is 11.8 Å². The van der Waals surface area contributed by atoms with Gasteiger partial charge < -0.3 is 10.2 Å². The minimum atomic E-state index is -0.632. The molecule has 0 saturated heterocycles. The number of nitrogens with one attached hydrogen (secondary N) is 1. The van der Waals surface area contributed by atoms with Crippen molar-refractivity contribution in [2.75, 3.05) is 0 Å². The Balaban J connectivity index is 2.25. The van der Waals surface area contributed by atoms with Crippen LogP contribution in [0.5, 0.6) is 0 Å². The van der Waals surface area contributed by atoms with Gasteiger partial charge in [0.05, 0.1) is 6.42 Å². The van der Waals surface area contributed by atoms with Gasteiger partial charge in [0.1, 0.15) is 11.9 Å². The Morgan fingerprint density at radius 2 is 1.59 bits per heavy atom. The van der Waals surface area contributed by atoms with Gasteiger partial charge in [0.2, 0.25) is 11.8 Å². The molecule has 2 amide bonds. The van der Waals surface area contributed by atoms with E-state index in [4.69, 9.17) is 0 Å². The van der Waals surface area contributed by atoms with E-state index in [2.05, 4.69) is 11.4 Å². The highest BCUT2D eigenvalue weighted by Gasteiger charge is 2.27. The Morgan fingerprint density at radius 3 is 2.14 bits per heavy atom. The van der Waals surface area contributed by atoms with Gasteiger partial charge in [-0.25, -0.2) is 4.39 Å². The lowest BCUT2D eigenvalue weighted by molar-refractivity contribution is -0.140. The summed E-state index contributed by atoms with van der Waals surface area (Å²) in [4.78, 5) is 27.4. The highest BCUT2D eigenvalue weighted by molar-refractivity contribution is 5.88. The van der Waals surface area contributed by atoms with Gasteiger partial charge in [0.25, 0.3) is 0 Å². The number of carbonyl (C=O) groups excluding carboxylic acids is 2. The molecule has 0 aromatic heterocycles. The lowest BCUT2D eigenvalue weighted by Gasteiger charge is -2.30. The van der Waals surface area contributed by atoms with E-state index < -0.39 is 6.04 Å². The minimum absolute atomic E-state index is 0.0344. The van der Waals surface area contributed by atoms with Crippen molar-refractivity contribution in [3.63, 3.8) is 0 Å². The van der Waals surface area contributed by atoms with E-state index in [0.29, 0.717) is 0 Å². The summed E-state index contributed by atoms with van der Waals surface area (Å²) in [6.07, 6.45) is 1.03. The Hall–Kier alpha value is -2.69. The van der Waals surface area contributed by atoms with Crippen molar-refractivity contribution in [2.45, 2.75) is 66.1 Å². The van der Waals surface area contributed by atoms with Crippen molar-refractivity contribution in [3.05, 3.63) is 70.5 Å². The number of halogens is 1. The van der Waals surface area contributed by atoms with Crippen LogP contribution in [0.25, 0.3) is 0 Å². The maximum absolute atomic E-state index is 13.3. The molecule has 29 heavy (non-hydrogen) atoms. The molecule has 2 aromatic carbocycles. The molecular weight excluding hydrogens is 367 g/mol. The first-order chi connectivity index (χ1) is 13.7. The van der Waals surface area contributed by atoms with Crippen LogP contribution in [-0.2, 0) is 22.6 Å². The first kappa shape index (κ1) is 22.6. The summed E-state index contributed by atoms with van der Waals surface area (Å²) in [5, 5.41) is 2.95. The van der Waals surface area contributed by atoms with Crippen LogP contribution >= 0.6 is 0 Å². The molecule has 5 heteroatoms. The number of carbonyl (C=O) groups is 2. The Bertz CT molecular complexity index is 828. The third-order valence-electron chi connectivity index (χ3n) is 5.07. The molecule has 0 saturated carbocycles. The average molecular weight is 399 g/mol. The van der Waals surface area contributed by atoms with E-state index in [1.807, 2.05) is 39.8 Å². The van der Waals surface area contributed by atoms with Gasteiger partial charge in [-0.05, 0) is 57.4 Å². The average Bonchev–Trinajstić information content (AvgIpc) is 2.65. The van der Waals surface area contributed by atoms with Gasteiger partial charge >= 0.3 is 0 Å². The molecular formula is C24H31FN2O2. The first-order valence-electron chi connectivity index (χ1n) is 10.1. The zero-order valence-corrected chi connectivity index (χ0v) is 18.0. The number of hydrogen-bond donors (Lipinski definition) is 1. The molecule has 0 aliphatic rings.